The molecule has 5 nitrogen and oxygen atoms in total. The first-order valence-electron chi connectivity index (χ1n) is 13.8. The Labute approximate surface area is 254 Å². The van der Waals surface area contributed by atoms with Gasteiger partial charge in [-0.15, -0.1) is 0 Å². The Morgan fingerprint density at radius 1 is 0.732 bits per heavy atom. The second-order valence-corrected chi connectivity index (χ2v) is 11.3. The van der Waals surface area contributed by atoms with Gasteiger partial charge in [0.15, 0.2) is 0 Å². The molecule has 0 spiro atoms. The van der Waals surface area contributed by atoms with E-state index in [0.29, 0.717) is 6.61 Å². The zero-order valence-corrected chi connectivity index (χ0v) is 25.4. The van der Waals surface area contributed by atoms with Crippen molar-refractivity contribution in [3.8, 4) is 39.5 Å². The molecule has 0 unspecified atom stereocenters. The van der Waals surface area contributed by atoms with E-state index in [1.54, 1.807) is 14.2 Å². The number of benzene rings is 5. The highest BCUT2D eigenvalue weighted by Gasteiger charge is 2.26. The maximum atomic E-state index is 6.56. The van der Waals surface area contributed by atoms with Crippen LogP contribution in [0.1, 0.15) is 5.56 Å². The highest BCUT2D eigenvalue weighted by molar-refractivity contribution is 14.1. The molecule has 1 saturated heterocycles. The molecule has 5 aromatic rings. The van der Waals surface area contributed by atoms with Crippen LogP contribution in [-0.4, -0.2) is 40.5 Å². The first-order chi connectivity index (χ1) is 20.2. The van der Waals surface area contributed by atoms with Crippen molar-refractivity contribution in [1.29, 1.82) is 0 Å². The normalized spacial score (nSPS) is 13.7. The van der Waals surface area contributed by atoms with E-state index in [9.17, 15) is 0 Å². The Morgan fingerprint density at radius 2 is 1.46 bits per heavy atom. The summed E-state index contributed by atoms with van der Waals surface area (Å²) in [7, 11) is 3.39. The summed E-state index contributed by atoms with van der Waals surface area (Å²) in [5.74, 6) is 2.41. The van der Waals surface area contributed by atoms with Gasteiger partial charge in [-0.25, -0.2) is 0 Å². The van der Waals surface area contributed by atoms with Crippen molar-refractivity contribution in [3.05, 3.63) is 106 Å². The number of halogens is 1. The zero-order valence-electron chi connectivity index (χ0n) is 23.3. The molecule has 1 aliphatic rings. The first-order valence-corrected chi connectivity index (χ1v) is 14.9. The van der Waals surface area contributed by atoms with Crippen molar-refractivity contribution < 1.29 is 23.8 Å². The van der Waals surface area contributed by atoms with Gasteiger partial charge in [0.2, 0.25) is 0 Å². The summed E-state index contributed by atoms with van der Waals surface area (Å²) in [6.45, 7) is 3.76. The highest BCUT2D eigenvalue weighted by atomic mass is 127. The molecule has 6 rings (SSSR count). The molecule has 41 heavy (non-hydrogen) atoms. The topological polar surface area (TPSA) is 41.4 Å². The monoisotopic (exact) mass is 658 g/mol. The summed E-state index contributed by atoms with van der Waals surface area (Å²) in [6, 6.07) is 33.8. The van der Waals surface area contributed by atoms with E-state index in [4.69, 9.17) is 18.9 Å². The van der Waals surface area contributed by atoms with Gasteiger partial charge >= 0.3 is 0 Å². The number of hydrogen-bond donors (Lipinski definition) is 1. The Balaban J connectivity index is 1.62. The van der Waals surface area contributed by atoms with E-state index in [0.717, 1.165) is 69.2 Å². The van der Waals surface area contributed by atoms with Crippen molar-refractivity contribution in [1.82, 2.24) is 0 Å². The summed E-state index contributed by atoms with van der Waals surface area (Å²) < 4.78 is 24.9. The number of morpholine rings is 1. The summed E-state index contributed by atoms with van der Waals surface area (Å²) in [6.07, 6.45) is 0. The number of nitrogens with one attached hydrogen (secondary N) is 1. The Kier molecular flexibility index (Phi) is 8.41. The van der Waals surface area contributed by atoms with Crippen LogP contribution in [0.15, 0.2) is 97.1 Å². The van der Waals surface area contributed by atoms with Gasteiger partial charge in [0.1, 0.15) is 42.6 Å². The number of rotatable bonds is 8. The van der Waals surface area contributed by atoms with Gasteiger partial charge < -0.3 is 18.9 Å². The minimum Gasteiger partial charge on any atom is -0.497 e. The highest BCUT2D eigenvalue weighted by Crippen LogP contribution is 2.44. The van der Waals surface area contributed by atoms with Crippen molar-refractivity contribution in [2.24, 2.45) is 0 Å². The van der Waals surface area contributed by atoms with E-state index in [1.807, 2.05) is 30.3 Å². The molecule has 5 aromatic carbocycles. The van der Waals surface area contributed by atoms with Crippen LogP contribution in [0.4, 0.5) is 5.69 Å². The average Bonchev–Trinajstić information content (AvgIpc) is 3.04. The van der Waals surface area contributed by atoms with Crippen molar-refractivity contribution in [3.63, 3.8) is 0 Å². The van der Waals surface area contributed by atoms with E-state index in [-0.39, 0.29) is 0 Å². The van der Waals surface area contributed by atoms with Crippen molar-refractivity contribution >= 4 is 39.1 Å². The van der Waals surface area contributed by atoms with Gasteiger partial charge in [-0.3, -0.25) is 4.90 Å². The van der Waals surface area contributed by atoms with Crippen LogP contribution in [0.2, 0.25) is 0 Å². The second kappa shape index (κ2) is 12.5. The SMILES string of the molecule is COc1ccc(-c2cc3c(OCc4ccccc4)cc(I)c(-c4ccccc4)c3cc2[NH+]2CCOCC2)c(OC)c1. The maximum Gasteiger partial charge on any atom is 0.140 e. The molecule has 0 saturated carbocycles. The molecular formula is C35H33INO4+. The van der Waals surface area contributed by atoms with Crippen molar-refractivity contribution in [2.45, 2.75) is 6.61 Å². The predicted molar refractivity (Wildman–Crippen MR) is 173 cm³/mol. The molecule has 1 aliphatic heterocycles. The minimum atomic E-state index is 0.494. The summed E-state index contributed by atoms with van der Waals surface area (Å²) >= 11 is 2.46. The number of ether oxygens (including phenoxy) is 4. The molecule has 0 bridgehead atoms. The Morgan fingerprint density at radius 3 is 2.17 bits per heavy atom. The lowest BCUT2D eigenvalue weighted by atomic mass is 9.92. The largest absolute Gasteiger partial charge is 0.497 e. The quantitative estimate of drug-likeness (QED) is 0.184. The molecule has 1 heterocycles. The Bertz CT molecular complexity index is 1650. The van der Waals surface area contributed by atoms with Gasteiger partial charge in [-0.2, -0.15) is 0 Å². The van der Waals surface area contributed by atoms with Crippen LogP contribution in [0, 0.1) is 3.57 Å². The lowest BCUT2D eigenvalue weighted by Crippen LogP contribution is -3.09. The standard InChI is InChI=1S/C35H32INO4/c1-38-26-13-14-27(33(19-26)39-2)28-20-29-30(21-32(28)37-15-17-40-18-16-37)35(25-11-7-4-8-12-25)31(36)22-34(29)41-23-24-9-5-3-6-10-24/h3-14,19-22H,15-18,23H2,1-2H3/p+1. The van der Waals surface area contributed by atoms with Crippen LogP contribution in [0.5, 0.6) is 17.2 Å². The van der Waals surface area contributed by atoms with Gasteiger partial charge in [0.05, 0.1) is 27.4 Å². The molecule has 0 aromatic heterocycles. The van der Waals surface area contributed by atoms with Gasteiger partial charge in [-0.05, 0) is 58.0 Å². The summed E-state index contributed by atoms with van der Waals surface area (Å²) in [4.78, 5) is 1.40. The van der Waals surface area contributed by atoms with Crippen LogP contribution in [0.3, 0.4) is 0 Å². The van der Waals surface area contributed by atoms with E-state index < -0.39 is 0 Å². The molecule has 0 aliphatic carbocycles. The number of quaternary nitrogens is 1. The lowest BCUT2D eigenvalue weighted by molar-refractivity contribution is -0.841. The smallest absolute Gasteiger partial charge is 0.140 e. The molecule has 6 heteroatoms. The maximum absolute atomic E-state index is 6.56. The second-order valence-electron chi connectivity index (χ2n) is 10.1. The fourth-order valence-electron chi connectivity index (χ4n) is 5.58. The van der Waals surface area contributed by atoms with E-state index in [1.165, 1.54) is 27.1 Å². The number of hydrogen-bond acceptors (Lipinski definition) is 4. The average molecular weight is 659 g/mol. The minimum absolute atomic E-state index is 0.494. The number of methoxy groups -OCH3 is 2. The number of fused-ring (bicyclic) bond motifs is 1. The summed E-state index contributed by atoms with van der Waals surface area (Å²) in [5, 5.41) is 2.25. The molecule has 1 N–H and O–H groups in total. The fourth-order valence-corrected chi connectivity index (χ4v) is 6.47. The van der Waals surface area contributed by atoms with Crippen LogP contribution in [0.25, 0.3) is 33.0 Å². The van der Waals surface area contributed by atoms with E-state index >= 15 is 0 Å². The van der Waals surface area contributed by atoms with Crippen LogP contribution >= 0.6 is 22.6 Å². The van der Waals surface area contributed by atoms with Crippen LogP contribution < -0.4 is 19.1 Å². The molecular weight excluding hydrogens is 625 g/mol. The fraction of sp³-hybridized carbons (Fsp3) is 0.200. The molecule has 1 fully saturated rings. The third-order valence-corrected chi connectivity index (χ3v) is 8.52. The van der Waals surface area contributed by atoms with Gasteiger partial charge in [0, 0.05) is 43.2 Å². The van der Waals surface area contributed by atoms with Crippen molar-refractivity contribution in [2.75, 3.05) is 40.5 Å². The first kappa shape index (κ1) is 27.6. The third-order valence-electron chi connectivity index (χ3n) is 7.66. The lowest BCUT2D eigenvalue weighted by Gasteiger charge is -2.27. The molecule has 0 atom stereocenters. The van der Waals surface area contributed by atoms with E-state index in [2.05, 4.69) is 89.3 Å². The predicted octanol–water partition coefficient (Wildman–Crippen LogP) is 6.92. The van der Waals surface area contributed by atoms with Gasteiger partial charge in [-0.1, -0.05) is 60.7 Å². The Hall–Kier alpha value is -3.59. The van der Waals surface area contributed by atoms with Gasteiger partial charge in [0.25, 0.3) is 0 Å². The molecule has 208 valence electrons. The summed E-state index contributed by atoms with van der Waals surface area (Å²) in [5.41, 5.74) is 6.92. The third kappa shape index (κ3) is 5.77. The molecule has 0 radical (unpaired) electrons. The zero-order chi connectivity index (χ0) is 28.2. The molecule has 0 amide bonds. The van der Waals surface area contributed by atoms with Crippen LogP contribution in [-0.2, 0) is 11.3 Å².